The van der Waals surface area contributed by atoms with E-state index in [2.05, 4.69) is 42.5 Å². The minimum absolute atomic E-state index is 0.00578. The SMILES string of the molecule is CCc1cc(Nc2ccnc(N3CCCC3c3cc(-c4cccnc4OC)no3)n2)n[nH]1. The molecule has 1 atom stereocenters. The molecule has 0 aromatic carbocycles. The number of pyridine rings is 1. The molecule has 1 saturated heterocycles. The average Bonchev–Trinajstić information content (AvgIpc) is 3.59. The fourth-order valence-electron chi connectivity index (χ4n) is 3.92. The van der Waals surface area contributed by atoms with E-state index in [0.29, 0.717) is 23.3 Å². The van der Waals surface area contributed by atoms with E-state index in [1.165, 1.54) is 0 Å². The maximum Gasteiger partial charge on any atom is 0.227 e. The number of aryl methyl sites for hydroxylation is 1. The largest absolute Gasteiger partial charge is 0.481 e. The molecule has 0 bridgehead atoms. The van der Waals surface area contributed by atoms with Gasteiger partial charge in [0.1, 0.15) is 11.5 Å². The minimum Gasteiger partial charge on any atom is -0.481 e. The minimum atomic E-state index is 0.00578. The lowest BCUT2D eigenvalue weighted by molar-refractivity contribution is 0.361. The zero-order chi connectivity index (χ0) is 21.9. The van der Waals surface area contributed by atoms with Crippen LogP contribution in [0.5, 0.6) is 5.88 Å². The van der Waals surface area contributed by atoms with Gasteiger partial charge >= 0.3 is 0 Å². The summed E-state index contributed by atoms with van der Waals surface area (Å²) in [6.45, 7) is 2.91. The Morgan fingerprint density at radius 2 is 2.16 bits per heavy atom. The van der Waals surface area contributed by atoms with E-state index in [0.717, 1.165) is 48.6 Å². The summed E-state index contributed by atoms with van der Waals surface area (Å²) in [5.41, 5.74) is 2.55. The van der Waals surface area contributed by atoms with Gasteiger partial charge in [-0.15, -0.1) is 0 Å². The summed E-state index contributed by atoms with van der Waals surface area (Å²) in [5.74, 6) is 3.34. The van der Waals surface area contributed by atoms with Crippen molar-refractivity contribution in [3.05, 3.63) is 54.2 Å². The van der Waals surface area contributed by atoms with Crippen LogP contribution >= 0.6 is 0 Å². The number of rotatable bonds is 7. The maximum atomic E-state index is 5.73. The lowest BCUT2D eigenvalue weighted by Gasteiger charge is -2.22. The molecule has 5 heterocycles. The Hall–Kier alpha value is -3.95. The van der Waals surface area contributed by atoms with Crippen LogP contribution in [0.2, 0.25) is 0 Å². The third-order valence-electron chi connectivity index (χ3n) is 5.52. The number of ether oxygens (including phenoxy) is 1. The summed E-state index contributed by atoms with van der Waals surface area (Å²) in [4.78, 5) is 15.6. The van der Waals surface area contributed by atoms with Gasteiger partial charge in [0.15, 0.2) is 11.6 Å². The van der Waals surface area contributed by atoms with Gasteiger partial charge in [0.2, 0.25) is 11.8 Å². The molecule has 0 spiro atoms. The molecular weight excluding hydrogens is 408 g/mol. The van der Waals surface area contributed by atoms with Gasteiger partial charge in [-0.05, 0) is 37.5 Å². The van der Waals surface area contributed by atoms with E-state index in [1.807, 2.05) is 30.3 Å². The Bertz CT molecular complexity index is 1200. The summed E-state index contributed by atoms with van der Waals surface area (Å²) in [7, 11) is 1.59. The second-order valence-corrected chi connectivity index (χ2v) is 7.53. The van der Waals surface area contributed by atoms with Crippen LogP contribution in [-0.2, 0) is 6.42 Å². The number of aromatic amines is 1. The van der Waals surface area contributed by atoms with Gasteiger partial charge in [0, 0.05) is 36.8 Å². The Morgan fingerprint density at radius 1 is 1.22 bits per heavy atom. The molecule has 0 radical (unpaired) electrons. The molecule has 0 amide bonds. The van der Waals surface area contributed by atoms with Crippen LogP contribution in [0.3, 0.4) is 0 Å². The van der Waals surface area contributed by atoms with Crippen LogP contribution in [0.25, 0.3) is 11.3 Å². The molecule has 164 valence electrons. The van der Waals surface area contributed by atoms with Gasteiger partial charge < -0.3 is 19.5 Å². The number of hydrogen-bond donors (Lipinski definition) is 2. The quantitative estimate of drug-likeness (QED) is 0.448. The van der Waals surface area contributed by atoms with E-state index >= 15 is 0 Å². The predicted molar refractivity (Wildman–Crippen MR) is 119 cm³/mol. The van der Waals surface area contributed by atoms with E-state index in [9.17, 15) is 0 Å². The molecule has 1 aliphatic rings. The van der Waals surface area contributed by atoms with Crippen molar-refractivity contribution in [1.29, 1.82) is 0 Å². The molecule has 0 saturated carbocycles. The fourth-order valence-corrected chi connectivity index (χ4v) is 3.92. The predicted octanol–water partition coefficient (Wildman–Crippen LogP) is 3.91. The molecule has 4 aromatic heterocycles. The summed E-state index contributed by atoms with van der Waals surface area (Å²) in [6, 6.07) is 9.52. The van der Waals surface area contributed by atoms with Crippen molar-refractivity contribution in [2.45, 2.75) is 32.2 Å². The van der Waals surface area contributed by atoms with E-state index < -0.39 is 0 Å². The summed E-state index contributed by atoms with van der Waals surface area (Å²) in [6.07, 6.45) is 6.27. The molecule has 1 fully saturated rings. The van der Waals surface area contributed by atoms with Crippen LogP contribution in [0.15, 0.2) is 47.2 Å². The van der Waals surface area contributed by atoms with Crippen LogP contribution in [-0.4, -0.2) is 44.0 Å². The van der Waals surface area contributed by atoms with Crippen LogP contribution < -0.4 is 15.0 Å². The maximum absolute atomic E-state index is 5.73. The summed E-state index contributed by atoms with van der Waals surface area (Å²) < 4.78 is 11.1. The first kappa shape index (κ1) is 20.0. The van der Waals surface area contributed by atoms with Gasteiger partial charge in [-0.25, -0.2) is 9.97 Å². The lowest BCUT2D eigenvalue weighted by Crippen LogP contribution is -2.24. The topological polar surface area (TPSA) is 118 Å². The van der Waals surface area contributed by atoms with Gasteiger partial charge in [-0.2, -0.15) is 10.1 Å². The molecule has 1 aliphatic heterocycles. The van der Waals surface area contributed by atoms with Crippen molar-refractivity contribution in [3.8, 4) is 17.1 Å². The smallest absolute Gasteiger partial charge is 0.227 e. The van der Waals surface area contributed by atoms with Crippen molar-refractivity contribution in [1.82, 2.24) is 30.3 Å². The standard InChI is InChI=1S/C22H24N8O2/c1-3-14-12-20(28-27-14)25-19-8-10-24-22(26-19)30-11-5-7-17(30)18-13-16(29-32-18)15-6-4-9-23-21(15)31-2/h4,6,8-10,12-13,17H,3,5,7,11H2,1-2H3,(H2,24,25,26,27,28). The third kappa shape index (κ3) is 3.86. The number of H-pyrrole nitrogens is 1. The molecule has 0 aliphatic carbocycles. The van der Waals surface area contributed by atoms with Gasteiger partial charge in [-0.3, -0.25) is 5.10 Å². The Labute approximate surface area is 185 Å². The highest BCUT2D eigenvalue weighted by Crippen LogP contribution is 2.37. The lowest BCUT2D eigenvalue weighted by atomic mass is 10.1. The molecule has 2 N–H and O–H groups in total. The molecular formula is C22H24N8O2. The third-order valence-corrected chi connectivity index (χ3v) is 5.52. The highest BCUT2D eigenvalue weighted by molar-refractivity contribution is 5.64. The summed E-state index contributed by atoms with van der Waals surface area (Å²) >= 11 is 0. The van der Waals surface area contributed by atoms with E-state index in [4.69, 9.17) is 14.2 Å². The number of aromatic nitrogens is 6. The second-order valence-electron chi connectivity index (χ2n) is 7.53. The molecule has 32 heavy (non-hydrogen) atoms. The highest BCUT2D eigenvalue weighted by atomic mass is 16.5. The fraction of sp³-hybridized carbons (Fsp3) is 0.318. The van der Waals surface area contributed by atoms with Crippen molar-refractivity contribution in [2.75, 3.05) is 23.9 Å². The van der Waals surface area contributed by atoms with Gasteiger partial charge in [0.05, 0.1) is 18.7 Å². The number of anilines is 3. The van der Waals surface area contributed by atoms with Crippen molar-refractivity contribution < 1.29 is 9.26 Å². The molecule has 4 aromatic rings. The first-order chi connectivity index (χ1) is 15.7. The zero-order valence-electron chi connectivity index (χ0n) is 17.9. The molecule has 5 rings (SSSR count). The Morgan fingerprint density at radius 3 is 3.00 bits per heavy atom. The number of methoxy groups -OCH3 is 1. The second kappa shape index (κ2) is 8.66. The van der Waals surface area contributed by atoms with E-state index in [-0.39, 0.29) is 6.04 Å². The summed E-state index contributed by atoms with van der Waals surface area (Å²) in [5, 5.41) is 14.8. The first-order valence-electron chi connectivity index (χ1n) is 10.6. The average molecular weight is 432 g/mol. The van der Waals surface area contributed by atoms with Crippen molar-refractivity contribution in [3.63, 3.8) is 0 Å². The molecule has 10 nitrogen and oxygen atoms in total. The van der Waals surface area contributed by atoms with Crippen LogP contribution in [0, 0.1) is 0 Å². The zero-order valence-corrected chi connectivity index (χ0v) is 17.9. The van der Waals surface area contributed by atoms with E-state index in [1.54, 1.807) is 19.5 Å². The van der Waals surface area contributed by atoms with Crippen LogP contribution in [0.1, 0.15) is 37.3 Å². The number of nitrogens with zero attached hydrogens (tertiary/aromatic N) is 6. The number of hydrogen-bond acceptors (Lipinski definition) is 9. The van der Waals surface area contributed by atoms with Crippen molar-refractivity contribution >= 4 is 17.6 Å². The number of nitrogens with one attached hydrogen (secondary N) is 2. The molecule has 10 heteroatoms. The first-order valence-corrected chi connectivity index (χ1v) is 10.6. The van der Waals surface area contributed by atoms with Crippen LogP contribution in [0.4, 0.5) is 17.6 Å². The Balaban J connectivity index is 1.38. The molecule has 1 unspecified atom stereocenters. The Kier molecular flexibility index (Phi) is 5.40. The highest BCUT2D eigenvalue weighted by Gasteiger charge is 2.31. The monoisotopic (exact) mass is 432 g/mol. The normalized spacial score (nSPS) is 15.8. The van der Waals surface area contributed by atoms with Gasteiger partial charge in [0.25, 0.3) is 0 Å². The van der Waals surface area contributed by atoms with Crippen molar-refractivity contribution in [2.24, 2.45) is 0 Å². The van der Waals surface area contributed by atoms with Gasteiger partial charge in [-0.1, -0.05) is 12.1 Å².